The van der Waals surface area contributed by atoms with Gasteiger partial charge in [0.15, 0.2) is 0 Å². The minimum Gasteiger partial charge on any atom is -0.384 e. The molecule has 1 amide bonds. The van der Waals surface area contributed by atoms with E-state index in [2.05, 4.69) is 20.3 Å². The highest BCUT2D eigenvalue weighted by Crippen LogP contribution is 2.17. The molecule has 6 nitrogen and oxygen atoms in total. The van der Waals surface area contributed by atoms with Gasteiger partial charge in [-0.15, -0.1) is 0 Å². The maximum absolute atomic E-state index is 12.1. The fourth-order valence-corrected chi connectivity index (χ4v) is 1.87. The van der Waals surface area contributed by atoms with E-state index in [1.165, 1.54) is 0 Å². The van der Waals surface area contributed by atoms with Gasteiger partial charge in [-0.3, -0.25) is 4.79 Å². The lowest BCUT2D eigenvalue weighted by Gasteiger charge is -2.14. The molecule has 0 saturated heterocycles. The van der Waals surface area contributed by atoms with Crippen LogP contribution in [0.1, 0.15) is 35.7 Å². The molecule has 0 aliphatic carbocycles. The Hall–Kier alpha value is -2.08. The van der Waals surface area contributed by atoms with Crippen molar-refractivity contribution in [2.24, 2.45) is 0 Å². The molecule has 0 aliphatic heterocycles. The van der Waals surface area contributed by atoms with Crippen molar-refractivity contribution in [1.29, 1.82) is 0 Å². The highest BCUT2D eigenvalue weighted by atomic mass is 35.5. The largest absolute Gasteiger partial charge is 0.384 e. The number of hydrogen-bond donors (Lipinski definition) is 3. The van der Waals surface area contributed by atoms with Gasteiger partial charge in [0, 0.05) is 12.4 Å². The van der Waals surface area contributed by atoms with Gasteiger partial charge in [-0.25, -0.2) is 9.97 Å². The molecule has 0 aromatic carbocycles. The second kappa shape index (κ2) is 5.71. The van der Waals surface area contributed by atoms with E-state index in [-0.39, 0.29) is 28.5 Å². The van der Waals surface area contributed by atoms with E-state index in [0.717, 1.165) is 0 Å². The van der Waals surface area contributed by atoms with Crippen LogP contribution in [0.4, 0.5) is 5.82 Å². The van der Waals surface area contributed by atoms with E-state index in [1.807, 2.05) is 6.92 Å². The van der Waals surface area contributed by atoms with E-state index in [9.17, 15) is 4.79 Å². The van der Waals surface area contributed by atoms with Crippen LogP contribution in [0.2, 0.25) is 5.02 Å². The Kier molecular flexibility index (Phi) is 4.01. The molecule has 1 atom stereocenters. The second-order valence-electron chi connectivity index (χ2n) is 3.98. The summed E-state index contributed by atoms with van der Waals surface area (Å²) < 4.78 is 0. The van der Waals surface area contributed by atoms with E-state index in [4.69, 9.17) is 17.3 Å². The molecule has 2 heterocycles. The number of carbonyl (C=O) groups is 1. The molecule has 0 bridgehead atoms. The number of rotatable bonds is 4. The lowest BCUT2D eigenvalue weighted by molar-refractivity contribution is 0.0929. The Morgan fingerprint density at radius 1 is 1.58 bits per heavy atom. The lowest BCUT2D eigenvalue weighted by atomic mass is 10.2. The number of halogens is 1. The predicted octanol–water partition coefficient (Wildman–Crippen LogP) is 1.92. The zero-order valence-corrected chi connectivity index (χ0v) is 11.1. The molecule has 2 aromatic rings. The lowest BCUT2D eigenvalue weighted by Crippen LogP contribution is -2.30. The summed E-state index contributed by atoms with van der Waals surface area (Å²) in [7, 11) is 0. The van der Waals surface area contributed by atoms with Gasteiger partial charge in [0.05, 0.1) is 11.1 Å². The van der Waals surface area contributed by atoms with Crippen LogP contribution in [-0.2, 0) is 0 Å². The van der Waals surface area contributed by atoms with Gasteiger partial charge < -0.3 is 16.0 Å². The number of nitrogen functional groups attached to an aromatic ring is 1. The van der Waals surface area contributed by atoms with Crippen LogP contribution >= 0.6 is 11.6 Å². The Morgan fingerprint density at radius 2 is 2.37 bits per heavy atom. The molecule has 0 aliphatic rings. The highest BCUT2D eigenvalue weighted by molar-refractivity contribution is 6.33. The van der Waals surface area contributed by atoms with Crippen molar-refractivity contribution in [2.45, 2.75) is 19.4 Å². The molecule has 0 fully saturated rings. The average molecular weight is 280 g/mol. The van der Waals surface area contributed by atoms with Crippen molar-refractivity contribution in [2.75, 3.05) is 5.73 Å². The first kappa shape index (κ1) is 13.4. The standard InChI is InChI=1S/C12H14ClN5O/c1-2-8(11-15-5-6-16-11)17-12(19)10-7(13)3-4-9(14)18-10/h3-6,8H,2H2,1H3,(H2,14,18)(H,15,16)(H,17,19). The topological polar surface area (TPSA) is 96.7 Å². The van der Waals surface area contributed by atoms with Crippen LogP contribution in [0.25, 0.3) is 0 Å². The van der Waals surface area contributed by atoms with E-state index >= 15 is 0 Å². The number of nitrogens with zero attached hydrogens (tertiary/aromatic N) is 2. The summed E-state index contributed by atoms with van der Waals surface area (Å²) in [5.74, 6) is 0.567. The zero-order chi connectivity index (χ0) is 13.8. The Balaban J connectivity index is 2.18. The van der Waals surface area contributed by atoms with Crippen LogP contribution in [0.3, 0.4) is 0 Å². The number of nitrogens with one attached hydrogen (secondary N) is 2. The van der Waals surface area contributed by atoms with Gasteiger partial charge >= 0.3 is 0 Å². The SMILES string of the molecule is CCC(NC(=O)c1nc(N)ccc1Cl)c1ncc[nH]1. The van der Waals surface area contributed by atoms with E-state index in [1.54, 1.807) is 24.5 Å². The van der Waals surface area contributed by atoms with Crippen molar-refractivity contribution in [3.8, 4) is 0 Å². The summed E-state index contributed by atoms with van der Waals surface area (Å²) in [6, 6.07) is 2.87. The monoisotopic (exact) mass is 279 g/mol. The Labute approximate surface area is 115 Å². The van der Waals surface area contributed by atoms with Crippen LogP contribution in [0.15, 0.2) is 24.5 Å². The third-order valence-electron chi connectivity index (χ3n) is 2.65. The fraction of sp³-hybridized carbons (Fsp3) is 0.250. The van der Waals surface area contributed by atoms with Crippen molar-refractivity contribution in [3.63, 3.8) is 0 Å². The minimum absolute atomic E-state index is 0.117. The third-order valence-corrected chi connectivity index (χ3v) is 2.95. The molecule has 100 valence electrons. The predicted molar refractivity (Wildman–Crippen MR) is 72.7 cm³/mol. The molecule has 4 N–H and O–H groups in total. The molecule has 19 heavy (non-hydrogen) atoms. The molecular formula is C12H14ClN5O. The summed E-state index contributed by atoms with van der Waals surface area (Å²) in [4.78, 5) is 23.2. The third kappa shape index (κ3) is 3.03. The van der Waals surface area contributed by atoms with E-state index < -0.39 is 0 Å². The molecular weight excluding hydrogens is 266 g/mol. The summed E-state index contributed by atoms with van der Waals surface area (Å²) in [6.07, 6.45) is 4.03. The minimum atomic E-state index is -0.374. The maximum Gasteiger partial charge on any atom is 0.272 e. The number of H-pyrrole nitrogens is 1. The van der Waals surface area contributed by atoms with Crippen LogP contribution in [0, 0.1) is 0 Å². The Bertz CT molecular complexity index is 570. The van der Waals surface area contributed by atoms with Gasteiger partial charge in [-0.05, 0) is 18.6 Å². The Morgan fingerprint density at radius 3 is 3.00 bits per heavy atom. The van der Waals surface area contributed by atoms with Crippen molar-refractivity contribution < 1.29 is 4.79 Å². The molecule has 2 aromatic heterocycles. The quantitative estimate of drug-likeness (QED) is 0.796. The van der Waals surface area contributed by atoms with Crippen LogP contribution < -0.4 is 11.1 Å². The number of hydrogen-bond acceptors (Lipinski definition) is 4. The normalized spacial score (nSPS) is 12.1. The highest BCUT2D eigenvalue weighted by Gasteiger charge is 2.19. The number of aromatic amines is 1. The van der Waals surface area contributed by atoms with Crippen molar-refractivity contribution in [3.05, 3.63) is 41.1 Å². The van der Waals surface area contributed by atoms with Gasteiger partial charge in [-0.1, -0.05) is 18.5 Å². The number of aromatic nitrogens is 3. The van der Waals surface area contributed by atoms with Crippen LogP contribution in [0.5, 0.6) is 0 Å². The average Bonchev–Trinajstić information content (AvgIpc) is 2.92. The summed E-state index contributed by atoms with van der Waals surface area (Å²) >= 11 is 5.94. The first-order valence-electron chi connectivity index (χ1n) is 5.84. The summed E-state index contributed by atoms with van der Waals surface area (Å²) in [5, 5.41) is 3.08. The smallest absolute Gasteiger partial charge is 0.272 e. The van der Waals surface area contributed by atoms with Crippen molar-refractivity contribution in [1.82, 2.24) is 20.3 Å². The maximum atomic E-state index is 12.1. The van der Waals surface area contributed by atoms with Gasteiger partial charge in [-0.2, -0.15) is 0 Å². The van der Waals surface area contributed by atoms with Crippen molar-refractivity contribution >= 4 is 23.3 Å². The number of pyridine rings is 1. The number of carbonyl (C=O) groups excluding carboxylic acids is 1. The molecule has 2 rings (SSSR count). The second-order valence-corrected chi connectivity index (χ2v) is 4.38. The molecule has 0 spiro atoms. The molecule has 0 radical (unpaired) electrons. The first-order chi connectivity index (χ1) is 9.11. The first-order valence-corrected chi connectivity index (χ1v) is 6.21. The number of anilines is 1. The van der Waals surface area contributed by atoms with E-state index in [0.29, 0.717) is 12.2 Å². The number of nitrogens with two attached hydrogens (primary N) is 1. The molecule has 7 heteroatoms. The number of amides is 1. The molecule has 1 unspecified atom stereocenters. The zero-order valence-electron chi connectivity index (χ0n) is 10.4. The summed E-state index contributed by atoms with van der Waals surface area (Å²) in [5.41, 5.74) is 5.67. The van der Waals surface area contributed by atoms with Gasteiger partial charge in [0.25, 0.3) is 5.91 Å². The van der Waals surface area contributed by atoms with Gasteiger partial charge in [0.1, 0.15) is 17.3 Å². The molecule has 0 saturated carbocycles. The fourth-order valence-electron chi connectivity index (χ4n) is 1.67. The van der Waals surface area contributed by atoms with Crippen LogP contribution in [-0.4, -0.2) is 20.9 Å². The van der Waals surface area contributed by atoms with Gasteiger partial charge in [0.2, 0.25) is 0 Å². The number of imidazole rings is 1. The summed E-state index contributed by atoms with van der Waals surface area (Å²) in [6.45, 7) is 1.95.